The molecule has 0 spiro atoms. The van der Waals surface area contributed by atoms with Gasteiger partial charge in [-0.05, 0) is 38.1 Å². The second-order valence-corrected chi connectivity index (χ2v) is 8.76. The van der Waals surface area contributed by atoms with Gasteiger partial charge in [0.05, 0.1) is 41.1 Å². The van der Waals surface area contributed by atoms with Gasteiger partial charge in [0.2, 0.25) is 0 Å². The number of halogens is 2. The number of nitrogens with zero attached hydrogens (tertiary/aromatic N) is 2. The first kappa shape index (κ1) is 22.9. The molecule has 0 aliphatic carbocycles. The molecule has 0 atom stereocenters. The quantitative estimate of drug-likeness (QED) is 0.643. The van der Waals surface area contributed by atoms with Crippen LogP contribution < -0.4 is 10.1 Å². The number of amides is 1. The highest BCUT2D eigenvalue weighted by Crippen LogP contribution is 2.33. The normalized spacial score (nSPS) is 18.3. The molecule has 2 aliphatic heterocycles. The number of likely N-dealkylation sites (tertiary alicyclic amines) is 1. The van der Waals surface area contributed by atoms with Crippen molar-refractivity contribution in [3.05, 3.63) is 51.5 Å². The second kappa shape index (κ2) is 9.72. The van der Waals surface area contributed by atoms with Crippen LogP contribution in [-0.2, 0) is 11.3 Å². The van der Waals surface area contributed by atoms with Crippen LogP contribution in [0.4, 0.5) is 0 Å². The molecule has 1 amide bonds. The summed E-state index contributed by atoms with van der Waals surface area (Å²) in [6.45, 7) is 2.35. The van der Waals surface area contributed by atoms with E-state index in [1.165, 1.54) is 6.20 Å². The first-order valence-corrected chi connectivity index (χ1v) is 11.0. The van der Waals surface area contributed by atoms with Gasteiger partial charge in [0.25, 0.3) is 5.91 Å². The Kier molecular flexibility index (Phi) is 6.97. The molecule has 10 heteroatoms. The predicted octanol–water partition coefficient (Wildman–Crippen LogP) is 4.02. The zero-order chi connectivity index (χ0) is 22.8. The van der Waals surface area contributed by atoms with E-state index in [1.54, 1.807) is 25.3 Å². The van der Waals surface area contributed by atoms with Gasteiger partial charge in [-0.25, -0.2) is 0 Å². The minimum absolute atomic E-state index is 0.0234. The van der Waals surface area contributed by atoms with Crippen molar-refractivity contribution in [1.29, 1.82) is 0 Å². The summed E-state index contributed by atoms with van der Waals surface area (Å²) in [6.07, 6.45) is 3.42. The van der Waals surface area contributed by atoms with Crippen LogP contribution in [0.2, 0.25) is 0 Å². The van der Waals surface area contributed by atoms with E-state index in [0.29, 0.717) is 34.6 Å². The molecule has 1 fully saturated rings. The second-order valence-electron chi connectivity index (χ2n) is 7.89. The lowest BCUT2D eigenvalue weighted by Crippen LogP contribution is -2.34. The molecule has 0 saturated carbocycles. The van der Waals surface area contributed by atoms with Crippen molar-refractivity contribution in [2.75, 3.05) is 33.8 Å². The summed E-state index contributed by atoms with van der Waals surface area (Å²) >= 11 is 12.3. The predicted molar refractivity (Wildman–Crippen MR) is 121 cm³/mol. The van der Waals surface area contributed by atoms with Gasteiger partial charge >= 0.3 is 0 Å². The molecule has 0 bridgehead atoms. The number of nitrogens with one attached hydrogen (secondary N) is 1. The molecule has 1 aromatic carbocycles. The lowest BCUT2D eigenvalue weighted by Gasteiger charge is -2.28. The zero-order valence-corrected chi connectivity index (χ0v) is 19.4. The zero-order valence-electron chi connectivity index (χ0n) is 17.9. The van der Waals surface area contributed by atoms with Crippen LogP contribution in [0.3, 0.4) is 0 Å². The number of benzene rings is 1. The van der Waals surface area contributed by atoms with Crippen LogP contribution in [0.1, 0.15) is 29.0 Å². The molecule has 2 N–H and O–H groups in total. The van der Waals surface area contributed by atoms with Gasteiger partial charge in [0.1, 0.15) is 12.4 Å². The van der Waals surface area contributed by atoms with Gasteiger partial charge in [-0.15, -0.1) is 0 Å². The van der Waals surface area contributed by atoms with Crippen molar-refractivity contribution in [2.24, 2.45) is 0 Å². The number of hydrogen-bond donors (Lipinski definition) is 2. The van der Waals surface area contributed by atoms with Crippen molar-refractivity contribution in [2.45, 2.75) is 25.6 Å². The van der Waals surface area contributed by atoms with Gasteiger partial charge < -0.3 is 24.1 Å². The van der Waals surface area contributed by atoms with Crippen LogP contribution in [0.5, 0.6) is 5.75 Å². The maximum atomic E-state index is 13.1. The van der Waals surface area contributed by atoms with E-state index in [2.05, 4.69) is 17.3 Å². The molecule has 0 unspecified atom stereocenters. The van der Waals surface area contributed by atoms with Crippen molar-refractivity contribution >= 4 is 40.1 Å². The molecular weight excluding hydrogens is 457 g/mol. The summed E-state index contributed by atoms with van der Waals surface area (Å²) in [4.78, 5) is 15.3. The monoisotopic (exact) mass is 481 g/mol. The number of ether oxygens (including phenoxy) is 2. The number of allylic oxidation sites excluding steroid dienone is 1. The Morgan fingerprint density at radius 3 is 2.75 bits per heavy atom. The van der Waals surface area contributed by atoms with Gasteiger partial charge in [-0.1, -0.05) is 23.2 Å². The fourth-order valence-electron chi connectivity index (χ4n) is 3.83. The molecule has 2 aliphatic rings. The Hall–Kier alpha value is -2.23. The van der Waals surface area contributed by atoms with E-state index in [1.807, 2.05) is 0 Å². The molecular formula is C22H25Cl2N3O5. The van der Waals surface area contributed by atoms with E-state index in [0.717, 1.165) is 31.0 Å². The van der Waals surface area contributed by atoms with E-state index < -0.39 is 5.91 Å². The molecule has 8 nitrogen and oxygen atoms in total. The summed E-state index contributed by atoms with van der Waals surface area (Å²) in [7, 11) is 3.65. The smallest absolute Gasteiger partial charge is 0.256 e. The Labute approximate surface area is 195 Å². The third-order valence-corrected chi connectivity index (χ3v) is 6.20. The number of piperidine rings is 1. The average Bonchev–Trinajstić information content (AvgIpc) is 3.19. The van der Waals surface area contributed by atoms with Crippen LogP contribution in [0.25, 0.3) is 11.0 Å². The maximum absolute atomic E-state index is 13.1. The molecule has 3 heterocycles. The highest BCUT2D eigenvalue weighted by atomic mass is 35.5. The van der Waals surface area contributed by atoms with Gasteiger partial charge in [0, 0.05) is 24.7 Å². The van der Waals surface area contributed by atoms with Crippen LogP contribution in [-0.4, -0.2) is 61.0 Å². The number of rotatable bonds is 6. The standard InChI is InChI=1S/C22H25Cl2N3O5/c1-26-7-5-13(6-8-26)31-12-14-9-16-15(3-4-19(30-2)21(16)32-14)22(28)25-20-17(23)10-27(29)11-18(20)24/h3-4,9-10,13,29H,5-8,11-12H2,1-2H3,(H,25,28). The third kappa shape index (κ3) is 4.89. The lowest BCUT2D eigenvalue weighted by atomic mass is 10.1. The molecule has 172 valence electrons. The number of hydroxylamine groups is 2. The average molecular weight is 482 g/mol. The minimum Gasteiger partial charge on any atom is -0.493 e. The number of carbonyl (C=O) groups is 1. The first-order valence-electron chi connectivity index (χ1n) is 10.3. The number of hydrogen-bond acceptors (Lipinski definition) is 7. The topological polar surface area (TPSA) is 87.4 Å². The molecule has 32 heavy (non-hydrogen) atoms. The summed E-state index contributed by atoms with van der Waals surface area (Å²) in [5, 5.41) is 14.1. The molecule has 1 saturated heterocycles. The first-order chi connectivity index (χ1) is 15.4. The SMILES string of the molecule is COc1ccc(C(=O)NC2=C(Cl)CN(O)C=C2Cl)c2cc(COC3CCN(C)CC3)oc12. The third-order valence-electron chi connectivity index (χ3n) is 5.60. The Bertz CT molecular complexity index is 1070. The largest absolute Gasteiger partial charge is 0.493 e. The van der Waals surface area contributed by atoms with Crippen molar-refractivity contribution < 1.29 is 23.9 Å². The molecule has 4 rings (SSSR count). The van der Waals surface area contributed by atoms with E-state index in [9.17, 15) is 10.0 Å². The fourth-order valence-corrected chi connectivity index (χ4v) is 4.43. The number of methoxy groups -OCH3 is 1. The van der Waals surface area contributed by atoms with Crippen LogP contribution in [0.15, 0.2) is 44.6 Å². The Morgan fingerprint density at radius 1 is 1.31 bits per heavy atom. The fraction of sp³-hybridized carbons (Fsp3) is 0.409. The van der Waals surface area contributed by atoms with Gasteiger partial charge in [0.15, 0.2) is 11.3 Å². The van der Waals surface area contributed by atoms with E-state index >= 15 is 0 Å². The highest BCUT2D eigenvalue weighted by molar-refractivity contribution is 6.36. The molecule has 2 aromatic rings. The highest BCUT2D eigenvalue weighted by Gasteiger charge is 2.23. The van der Waals surface area contributed by atoms with E-state index in [-0.39, 0.29) is 28.4 Å². The van der Waals surface area contributed by atoms with Crippen molar-refractivity contribution in [3.63, 3.8) is 0 Å². The number of fused-ring (bicyclic) bond motifs is 1. The van der Waals surface area contributed by atoms with Crippen LogP contribution >= 0.6 is 23.2 Å². The van der Waals surface area contributed by atoms with E-state index in [4.69, 9.17) is 37.1 Å². The summed E-state index contributed by atoms with van der Waals surface area (Å²) in [5.74, 6) is 0.722. The maximum Gasteiger partial charge on any atom is 0.256 e. The summed E-state index contributed by atoms with van der Waals surface area (Å²) in [5.41, 5.74) is 1.10. The summed E-state index contributed by atoms with van der Waals surface area (Å²) < 4.78 is 17.4. The Morgan fingerprint density at radius 2 is 2.06 bits per heavy atom. The number of carbonyl (C=O) groups excluding carboxylic acids is 1. The Balaban J connectivity index is 1.56. The molecule has 0 radical (unpaired) electrons. The lowest BCUT2D eigenvalue weighted by molar-refractivity contribution is -0.0321. The van der Waals surface area contributed by atoms with Crippen molar-refractivity contribution in [1.82, 2.24) is 15.3 Å². The molecule has 1 aromatic heterocycles. The summed E-state index contributed by atoms with van der Waals surface area (Å²) in [6, 6.07) is 5.12. The van der Waals surface area contributed by atoms with Gasteiger partial charge in [-0.3, -0.25) is 15.1 Å². The van der Waals surface area contributed by atoms with Crippen LogP contribution in [0, 0.1) is 0 Å². The minimum atomic E-state index is -0.410. The number of furan rings is 1. The van der Waals surface area contributed by atoms with Crippen molar-refractivity contribution in [3.8, 4) is 5.75 Å². The van der Waals surface area contributed by atoms with Gasteiger partial charge in [-0.2, -0.15) is 0 Å².